The van der Waals surface area contributed by atoms with Crippen LogP contribution in [0, 0.1) is 29.4 Å². The SMILES string of the molecule is CCC[C@H]1CC[C@H]([C@H]2CC[C@H](c3cc(F)c(F)c(OC(F)(F)F)c3)CC2)CC1. The van der Waals surface area contributed by atoms with Crippen LogP contribution < -0.4 is 4.74 Å². The van der Waals surface area contributed by atoms with Gasteiger partial charge in [-0.05, 0) is 79.9 Å². The van der Waals surface area contributed by atoms with Crippen molar-refractivity contribution in [2.24, 2.45) is 17.8 Å². The number of halogens is 5. The minimum absolute atomic E-state index is 0.0432. The van der Waals surface area contributed by atoms with Crippen molar-refractivity contribution in [3.63, 3.8) is 0 Å². The minimum Gasteiger partial charge on any atom is -0.403 e. The molecule has 0 aliphatic heterocycles. The van der Waals surface area contributed by atoms with E-state index in [0.29, 0.717) is 11.5 Å². The van der Waals surface area contributed by atoms with Gasteiger partial charge in [-0.3, -0.25) is 0 Å². The van der Waals surface area contributed by atoms with Gasteiger partial charge in [0.05, 0.1) is 0 Å². The molecule has 2 saturated carbocycles. The first kappa shape index (κ1) is 21.4. The number of hydrogen-bond acceptors (Lipinski definition) is 1. The fraction of sp³-hybridized carbons (Fsp3) is 0.727. The fourth-order valence-corrected chi connectivity index (χ4v) is 5.30. The van der Waals surface area contributed by atoms with Crippen LogP contribution in [-0.2, 0) is 0 Å². The number of hydrogen-bond donors (Lipinski definition) is 0. The Hall–Kier alpha value is -1.33. The summed E-state index contributed by atoms with van der Waals surface area (Å²) in [5.74, 6) is -1.73. The summed E-state index contributed by atoms with van der Waals surface area (Å²) < 4.78 is 68.5. The standard InChI is InChI=1S/C22H29F5O/c1-2-3-14-4-6-15(7-5-14)16-8-10-17(11-9-16)18-12-19(23)21(24)20(13-18)28-22(25,26)27/h12-17H,2-11H2,1H3/t14-,15-,16-,17-. The van der Waals surface area contributed by atoms with E-state index in [1.165, 1.54) is 38.5 Å². The van der Waals surface area contributed by atoms with Crippen molar-refractivity contribution in [3.05, 3.63) is 29.3 Å². The second kappa shape index (κ2) is 9.00. The fourth-order valence-electron chi connectivity index (χ4n) is 5.30. The molecule has 28 heavy (non-hydrogen) atoms. The lowest BCUT2D eigenvalue weighted by molar-refractivity contribution is -0.275. The van der Waals surface area contributed by atoms with E-state index in [1.54, 1.807) is 0 Å². The zero-order valence-electron chi connectivity index (χ0n) is 16.3. The van der Waals surface area contributed by atoms with Gasteiger partial charge in [0.2, 0.25) is 5.82 Å². The second-order valence-corrected chi connectivity index (χ2v) is 8.54. The van der Waals surface area contributed by atoms with E-state index in [1.807, 2.05) is 0 Å². The molecule has 0 N–H and O–H groups in total. The molecule has 2 fully saturated rings. The highest BCUT2D eigenvalue weighted by molar-refractivity contribution is 5.34. The molecular formula is C22H29F5O. The van der Waals surface area contributed by atoms with Crippen molar-refractivity contribution in [1.82, 2.24) is 0 Å². The first-order chi connectivity index (χ1) is 13.3. The molecule has 0 bridgehead atoms. The molecule has 3 rings (SSSR count). The zero-order valence-corrected chi connectivity index (χ0v) is 16.3. The van der Waals surface area contributed by atoms with Gasteiger partial charge < -0.3 is 4.74 Å². The van der Waals surface area contributed by atoms with E-state index >= 15 is 0 Å². The molecule has 0 radical (unpaired) electrons. The lowest BCUT2D eigenvalue weighted by atomic mass is 9.68. The molecule has 0 amide bonds. The third-order valence-electron chi connectivity index (χ3n) is 6.74. The van der Waals surface area contributed by atoms with Gasteiger partial charge in [0.25, 0.3) is 0 Å². The van der Waals surface area contributed by atoms with Crippen molar-refractivity contribution in [2.75, 3.05) is 0 Å². The van der Waals surface area contributed by atoms with Gasteiger partial charge in [-0.15, -0.1) is 13.2 Å². The van der Waals surface area contributed by atoms with Crippen LogP contribution in [0.25, 0.3) is 0 Å². The largest absolute Gasteiger partial charge is 0.573 e. The summed E-state index contributed by atoms with van der Waals surface area (Å²) in [5, 5.41) is 0. The Kier molecular flexibility index (Phi) is 6.87. The Bertz CT molecular complexity index is 641. The highest BCUT2D eigenvalue weighted by Gasteiger charge is 2.35. The van der Waals surface area contributed by atoms with E-state index in [-0.39, 0.29) is 5.92 Å². The molecule has 1 nitrogen and oxygen atoms in total. The van der Waals surface area contributed by atoms with Gasteiger partial charge in [0, 0.05) is 0 Å². The molecule has 1 aromatic carbocycles. The molecule has 0 atom stereocenters. The van der Waals surface area contributed by atoms with Crippen molar-refractivity contribution in [3.8, 4) is 5.75 Å². The predicted octanol–water partition coefficient (Wildman–Crippen LogP) is 7.74. The normalized spacial score (nSPS) is 28.9. The summed E-state index contributed by atoms with van der Waals surface area (Å²) in [7, 11) is 0. The molecule has 6 heteroatoms. The lowest BCUT2D eigenvalue weighted by Gasteiger charge is -2.38. The quantitative estimate of drug-likeness (QED) is 0.456. The van der Waals surface area contributed by atoms with Crippen LogP contribution in [-0.4, -0.2) is 6.36 Å². The molecule has 0 saturated heterocycles. The van der Waals surface area contributed by atoms with E-state index in [9.17, 15) is 22.0 Å². The lowest BCUT2D eigenvalue weighted by Crippen LogP contribution is -2.25. The second-order valence-electron chi connectivity index (χ2n) is 8.54. The highest BCUT2D eigenvalue weighted by Crippen LogP contribution is 2.45. The number of alkyl halides is 3. The van der Waals surface area contributed by atoms with Crippen LogP contribution in [0.5, 0.6) is 5.75 Å². The van der Waals surface area contributed by atoms with Crippen molar-refractivity contribution >= 4 is 0 Å². The van der Waals surface area contributed by atoms with Crippen LogP contribution in [0.2, 0.25) is 0 Å². The van der Waals surface area contributed by atoms with E-state index in [0.717, 1.165) is 49.7 Å². The maximum absolute atomic E-state index is 13.8. The van der Waals surface area contributed by atoms with Crippen molar-refractivity contribution < 1.29 is 26.7 Å². The smallest absolute Gasteiger partial charge is 0.403 e. The Morgan fingerprint density at radius 1 is 0.893 bits per heavy atom. The third-order valence-corrected chi connectivity index (χ3v) is 6.74. The summed E-state index contributed by atoms with van der Waals surface area (Å²) in [5.41, 5.74) is 0.406. The maximum Gasteiger partial charge on any atom is 0.573 e. The van der Waals surface area contributed by atoms with Crippen LogP contribution in [0.1, 0.15) is 82.6 Å². The molecule has 0 spiro atoms. The Labute approximate surface area is 163 Å². The molecule has 0 heterocycles. The van der Waals surface area contributed by atoms with Crippen LogP contribution >= 0.6 is 0 Å². The van der Waals surface area contributed by atoms with Gasteiger partial charge >= 0.3 is 6.36 Å². The molecule has 2 aliphatic carbocycles. The zero-order chi connectivity index (χ0) is 20.3. The maximum atomic E-state index is 13.8. The van der Waals surface area contributed by atoms with E-state index < -0.39 is 23.7 Å². The first-order valence-corrected chi connectivity index (χ1v) is 10.5. The predicted molar refractivity (Wildman–Crippen MR) is 98.1 cm³/mol. The van der Waals surface area contributed by atoms with Crippen molar-refractivity contribution in [1.29, 1.82) is 0 Å². The summed E-state index contributed by atoms with van der Waals surface area (Å²) in [6.07, 6.45) is 6.28. The summed E-state index contributed by atoms with van der Waals surface area (Å²) >= 11 is 0. The van der Waals surface area contributed by atoms with Gasteiger partial charge in [-0.1, -0.05) is 32.6 Å². The summed E-state index contributed by atoms with van der Waals surface area (Å²) in [6.45, 7) is 2.23. The van der Waals surface area contributed by atoms with Crippen molar-refractivity contribution in [2.45, 2.75) is 83.4 Å². The summed E-state index contributed by atoms with van der Waals surface area (Å²) in [4.78, 5) is 0. The Morgan fingerprint density at radius 2 is 1.46 bits per heavy atom. The van der Waals surface area contributed by atoms with E-state index in [2.05, 4.69) is 11.7 Å². The molecule has 0 aromatic heterocycles. The first-order valence-electron chi connectivity index (χ1n) is 10.5. The van der Waals surface area contributed by atoms with Gasteiger partial charge in [0.1, 0.15) is 0 Å². The Balaban J connectivity index is 1.59. The molecular weight excluding hydrogens is 375 g/mol. The molecule has 1 aromatic rings. The Morgan fingerprint density at radius 3 is 2.00 bits per heavy atom. The molecule has 158 valence electrons. The third kappa shape index (κ3) is 5.38. The van der Waals surface area contributed by atoms with Crippen LogP contribution in [0.4, 0.5) is 22.0 Å². The monoisotopic (exact) mass is 404 g/mol. The van der Waals surface area contributed by atoms with Crippen LogP contribution in [0.15, 0.2) is 12.1 Å². The summed E-state index contributed by atoms with van der Waals surface area (Å²) in [6, 6.07) is 2.05. The number of rotatable bonds is 5. The minimum atomic E-state index is -5.04. The van der Waals surface area contributed by atoms with Gasteiger partial charge in [-0.2, -0.15) is 4.39 Å². The number of benzene rings is 1. The molecule has 2 aliphatic rings. The number of ether oxygens (including phenoxy) is 1. The van der Waals surface area contributed by atoms with E-state index in [4.69, 9.17) is 0 Å². The molecule has 0 unspecified atom stereocenters. The van der Waals surface area contributed by atoms with Gasteiger partial charge in [-0.25, -0.2) is 4.39 Å². The van der Waals surface area contributed by atoms with Crippen LogP contribution in [0.3, 0.4) is 0 Å². The highest BCUT2D eigenvalue weighted by atomic mass is 19.4. The topological polar surface area (TPSA) is 9.23 Å². The van der Waals surface area contributed by atoms with Gasteiger partial charge in [0.15, 0.2) is 11.6 Å². The average molecular weight is 404 g/mol. The average Bonchev–Trinajstić information content (AvgIpc) is 2.65.